The first kappa shape index (κ1) is 106. The van der Waals surface area contributed by atoms with Crippen molar-refractivity contribution in [2.75, 3.05) is 65.4 Å². The molecule has 3 aromatic heterocycles. The number of aliphatic carboxylic acids is 1. The number of H-pyrrole nitrogens is 3. The molecule has 2 aliphatic rings. The van der Waals surface area contributed by atoms with E-state index in [4.69, 9.17) is 17.2 Å². The summed E-state index contributed by atoms with van der Waals surface area (Å²) in [6.45, 7) is 7.16. The van der Waals surface area contributed by atoms with Gasteiger partial charge in [0.2, 0.25) is 100 Å². The number of nitrogens with zero attached hydrogens (tertiary/aromatic N) is 6. The molecule has 3 aromatic carbocycles. The van der Waals surface area contributed by atoms with Crippen LogP contribution in [0.1, 0.15) is 141 Å². The third kappa shape index (κ3) is 30.3. The molecule has 44 heteroatoms. The van der Waals surface area contributed by atoms with E-state index >= 15 is 33.6 Å². The Bertz CT molecular complexity index is 5150. The number of rotatable bonds is 27. The molecule has 17 amide bonds. The highest BCUT2D eigenvalue weighted by atomic mass is 32.2. The maximum absolute atomic E-state index is 15.8. The number of carboxylic acid groups (broad SMARTS) is 1. The minimum Gasteiger partial charge on any atom is -0.508 e. The van der Waals surface area contributed by atoms with Crippen LogP contribution in [0.5, 0.6) is 5.75 Å². The average molecular weight is 1880 g/mol. The second-order valence-electron chi connectivity index (χ2n) is 34.0. The molecule has 6 aromatic rings. The first-order valence-electron chi connectivity index (χ1n) is 44.7. The summed E-state index contributed by atoms with van der Waals surface area (Å²) in [4.78, 5) is 280. The minimum absolute atomic E-state index is 0.0210. The van der Waals surface area contributed by atoms with E-state index in [1.807, 2.05) is 13.8 Å². The quantitative estimate of drug-likeness (QED) is 0.0262. The van der Waals surface area contributed by atoms with Crippen LogP contribution in [-0.4, -0.2) is 316 Å². The number of aliphatic hydroxyl groups excluding tert-OH is 1. The maximum Gasteiger partial charge on any atom is 0.303 e. The number of aromatic amines is 3. The van der Waals surface area contributed by atoms with Gasteiger partial charge in [0, 0.05) is 125 Å². The number of carboxylic acids is 1. The lowest BCUT2D eigenvalue weighted by atomic mass is 9.99. The highest BCUT2D eigenvalue weighted by Crippen LogP contribution is 2.27. The normalized spacial score (nSPS) is 23.9. The number of nitrogens with one attached hydrogen (secondary N) is 13. The van der Waals surface area contributed by atoms with Crippen LogP contribution >= 0.6 is 11.8 Å². The van der Waals surface area contributed by atoms with E-state index in [1.54, 1.807) is 74.8 Å². The number of para-hydroxylation sites is 2. The largest absolute Gasteiger partial charge is 0.508 e. The number of carbonyl (C=O) groups excluding carboxylic acids is 17. The van der Waals surface area contributed by atoms with Crippen molar-refractivity contribution in [2.45, 2.75) is 229 Å². The number of nitrogens with two attached hydrogens (primary N) is 3. The van der Waals surface area contributed by atoms with Crippen LogP contribution < -0.4 is 70.4 Å². The summed E-state index contributed by atoms with van der Waals surface area (Å²) in [6.07, 6.45) is 1.76. The van der Waals surface area contributed by atoms with E-state index < -0.39 is 254 Å². The third-order valence-corrected chi connectivity index (χ3v) is 24.5. The van der Waals surface area contributed by atoms with Crippen LogP contribution in [0, 0.1) is 5.92 Å². The molecule has 22 N–H and O–H groups in total. The van der Waals surface area contributed by atoms with E-state index in [2.05, 4.69) is 73.1 Å². The zero-order valence-corrected chi connectivity index (χ0v) is 77.5. The molecule has 0 spiro atoms. The van der Waals surface area contributed by atoms with Crippen molar-refractivity contribution in [1.82, 2.24) is 97.6 Å². The number of thioether (sulfide) groups is 1. The lowest BCUT2D eigenvalue weighted by Gasteiger charge is -2.36. The summed E-state index contributed by atoms with van der Waals surface area (Å²) < 4.78 is 0. The lowest BCUT2D eigenvalue weighted by Crippen LogP contribution is -2.61. The van der Waals surface area contributed by atoms with Gasteiger partial charge in [-0.05, 0) is 99.4 Å². The van der Waals surface area contributed by atoms with Crippen LogP contribution in [0.3, 0.4) is 0 Å². The summed E-state index contributed by atoms with van der Waals surface area (Å²) in [5, 5.41) is 59.3. The second kappa shape index (κ2) is 50.9. The number of hydrogen-bond donors (Lipinski definition) is 19. The van der Waals surface area contributed by atoms with Gasteiger partial charge in [0.05, 0.1) is 37.7 Å². The Kier molecular flexibility index (Phi) is 40.2. The van der Waals surface area contributed by atoms with Gasteiger partial charge in [0.25, 0.3) is 0 Å². The Morgan fingerprint density at radius 3 is 1.67 bits per heavy atom. The number of carbonyl (C=O) groups is 18. The van der Waals surface area contributed by atoms with E-state index in [-0.39, 0.29) is 75.4 Å². The molecule has 14 atom stereocenters. The molecular weight excluding hydrogens is 1760 g/mol. The number of amides is 17. The smallest absolute Gasteiger partial charge is 0.303 e. The second-order valence-corrected chi connectivity index (χ2v) is 35.1. The predicted molar refractivity (Wildman–Crippen MR) is 492 cm³/mol. The van der Waals surface area contributed by atoms with E-state index in [9.17, 15) is 68.1 Å². The standard InChI is InChI=1S/C90H126N22O21S/c1-10-13-23-70-84(127)103-63(33-49(4)5)81(124)107-69(79(122)97-43-74(93)116)46-134-47-76(118)100-66(34-51-25-27-55(113)28-26-51)86(129)108(7)50(6)78(121)105-68(39-73(92)115)88(131)111(12-3)45-75(117)99-65(37-54-42-94-48-98-54)83(126)102-62(29-30-77(119)120)89(132)112-44-56(114)38-72(112)85(128)104-64(35-52-40-95-59-21-17-15-19-57(52)59)82(125)101-61(31-32-91)80(123)106-67(36-53-41-96-60-22-18-16-20-58(53)60)87(130)110(9)71(24-14-11-2)90(133)109(70)8/h15-22,25-28,40-42,48-50,56,61-72,95-96,113-114H,10-14,23-24,29-39,43-47,91H2,1-9H3,(H2,92,115)(H2,93,116)(H,94,98)(H,97,122)(H,99,117)(H,100,118)(H,101,125)(H,102,126)(H,103,127)(H,104,128)(H,105,121)(H,106,123)(H,107,124)(H,119,120)/t50-,56+,61-,62-,63-,64-,65-,66-,67-,68-,69-,70-,71-,72-/m0/s1. The molecule has 0 unspecified atom stereocenters. The van der Waals surface area contributed by atoms with Gasteiger partial charge in [-0.3, -0.25) is 86.3 Å². The fraction of sp³-hybridized carbons (Fsp3) is 0.522. The van der Waals surface area contributed by atoms with Crippen molar-refractivity contribution in [3.8, 4) is 5.75 Å². The zero-order chi connectivity index (χ0) is 98.3. The summed E-state index contributed by atoms with van der Waals surface area (Å²) in [5.74, 6) is -19.3. The number of aliphatic hydroxyl groups is 1. The molecular formula is C90H126N22O21S. The molecule has 134 heavy (non-hydrogen) atoms. The van der Waals surface area contributed by atoms with Crippen molar-refractivity contribution in [1.29, 1.82) is 0 Å². The number of fused-ring (bicyclic) bond motifs is 3. The monoisotopic (exact) mass is 1880 g/mol. The van der Waals surface area contributed by atoms with Gasteiger partial charge in [0.15, 0.2) is 0 Å². The Balaban J connectivity index is 1.20. The first-order valence-corrected chi connectivity index (χ1v) is 45.9. The average Bonchev–Trinajstić information content (AvgIpc) is 1.63. The van der Waals surface area contributed by atoms with E-state index in [0.29, 0.717) is 64.2 Å². The number of phenolic OH excluding ortho intramolecular Hbond substituents is 1. The van der Waals surface area contributed by atoms with Gasteiger partial charge in [-0.2, -0.15) is 0 Å². The van der Waals surface area contributed by atoms with Crippen molar-refractivity contribution in [2.24, 2.45) is 23.1 Å². The lowest BCUT2D eigenvalue weighted by molar-refractivity contribution is -0.149. The SMILES string of the molecule is CCCC[C@H]1C(=O)N(C)[C@@H](CCCC)C(=O)N[C@@H](CC(C)C)C(=O)N[C@H](C(=O)NCC(N)=O)CSCC(=O)N[C@@H](Cc2ccc(O)cc2)C(=O)N(C)[C@@H](C)C(=O)N[C@@H](CC(N)=O)C(=O)N(CC)CC(=O)N[C@@H](Cc2cnc[nH]2)C(=O)N[C@@H](CCC(=O)O)C(=O)N2C[C@H](O)C[C@H]2C(=O)N[C@@H](Cc2c[nH]c3ccccc23)C(=O)N[C@@H](CCN)C(=O)N[C@@H](Cc2c[nH]c3ccccc23)C(=O)N1C. The highest BCUT2D eigenvalue weighted by molar-refractivity contribution is 8.00. The molecule has 0 bridgehead atoms. The van der Waals surface area contributed by atoms with Crippen molar-refractivity contribution in [3.63, 3.8) is 0 Å². The number of likely N-dealkylation sites (N-methyl/N-ethyl adjacent to an activating group) is 4. The predicted octanol–water partition coefficient (Wildman–Crippen LogP) is -2.11. The van der Waals surface area contributed by atoms with Gasteiger partial charge in [0.1, 0.15) is 84.3 Å². The van der Waals surface area contributed by atoms with Gasteiger partial charge >= 0.3 is 5.97 Å². The molecule has 0 saturated carbocycles. The minimum atomic E-state index is -1.84. The number of aromatic hydroxyl groups is 1. The van der Waals surface area contributed by atoms with E-state index in [0.717, 1.165) is 26.5 Å². The molecule has 728 valence electrons. The molecule has 2 saturated heterocycles. The summed E-state index contributed by atoms with van der Waals surface area (Å²) >= 11 is 0.783. The molecule has 0 aliphatic carbocycles. The summed E-state index contributed by atoms with van der Waals surface area (Å²) in [6, 6.07) is -0.907. The van der Waals surface area contributed by atoms with Crippen LogP contribution in [0.4, 0.5) is 0 Å². The highest BCUT2D eigenvalue weighted by Gasteiger charge is 2.46. The van der Waals surface area contributed by atoms with Gasteiger partial charge in [-0.1, -0.05) is 102 Å². The van der Waals surface area contributed by atoms with Gasteiger partial charge in [-0.25, -0.2) is 4.98 Å². The maximum atomic E-state index is 15.8. The Morgan fingerprint density at radius 1 is 0.552 bits per heavy atom. The van der Waals surface area contributed by atoms with Crippen molar-refractivity contribution < 1.29 is 102 Å². The topological polar surface area (TPSA) is 643 Å². The van der Waals surface area contributed by atoms with Crippen LogP contribution in [0.15, 0.2) is 97.7 Å². The number of imidazole rings is 1. The van der Waals surface area contributed by atoms with Crippen molar-refractivity contribution in [3.05, 3.63) is 120 Å². The van der Waals surface area contributed by atoms with Gasteiger partial charge < -0.3 is 125 Å². The fourth-order valence-electron chi connectivity index (χ4n) is 16.0. The Hall–Kier alpha value is -13.5. The molecule has 8 rings (SSSR count). The molecule has 2 fully saturated rings. The number of hydrogen-bond acceptors (Lipinski definition) is 23. The third-order valence-electron chi connectivity index (χ3n) is 23.5. The van der Waals surface area contributed by atoms with Crippen LogP contribution in [-0.2, 0) is 112 Å². The Labute approximate surface area is 778 Å². The van der Waals surface area contributed by atoms with Crippen molar-refractivity contribution >= 4 is 140 Å². The number of benzene rings is 3. The van der Waals surface area contributed by atoms with E-state index in [1.165, 1.54) is 81.6 Å². The van der Waals surface area contributed by atoms with Crippen LogP contribution in [0.2, 0.25) is 0 Å². The first-order chi connectivity index (χ1) is 63.7. The fourth-order valence-corrected chi connectivity index (χ4v) is 16.8. The molecule has 5 heterocycles. The Morgan fingerprint density at radius 2 is 1.09 bits per heavy atom. The number of unbranched alkanes of at least 4 members (excludes halogenated alkanes) is 2. The van der Waals surface area contributed by atoms with Gasteiger partial charge in [-0.15, -0.1) is 11.8 Å². The molecule has 0 radical (unpaired) electrons. The van der Waals surface area contributed by atoms with Crippen LogP contribution in [0.25, 0.3) is 21.8 Å². The summed E-state index contributed by atoms with van der Waals surface area (Å²) in [7, 11) is 3.95. The molecule has 2 aliphatic heterocycles. The number of phenols is 1. The number of primary amides is 2. The zero-order valence-electron chi connectivity index (χ0n) is 76.7. The summed E-state index contributed by atoms with van der Waals surface area (Å²) in [5.41, 5.74) is 20.2. The molecule has 43 nitrogen and oxygen atoms in total. The number of aromatic nitrogens is 4.